The molecule has 2 aromatic heterocycles. The first-order chi connectivity index (χ1) is 12.0. The van der Waals surface area contributed by atoms with Gasteiger partial charge in [0.1, 0.15) is 17.2 Å². The monoisotopic (exact) mass is 360 g/mol. The Morgan fingerprint density at radius 1 is 1.32 bits per heavy atom. The molecule has 0 unspecified atom stereocenters. The van der Waals surface area contributed by atoms with Crippen molar-refractivity contribution in [3.8, 4) is 22.8 Å². The predicted octanol–water partition coefficient (Wildman–Crippen LogP) is 2.33. The molecule has 4 rings (SSSR count). The van der Waals surface area contributed by atoms with E-state index in [0.29, 0.717) is 35.5 Å². The van der Waals surface area contributed by atoms with Gasteiger partial charge >= 0.3 is 0 Å². The smallest absolute Gasteiger partial charge is 0.272 e. The van der Waals surface area contributed by atoms with E-state index in [-0.39, 0.29) is 29.0 Å². The standard InChI is InChI=1S/C16H13ClN4O4/c17-10-3-8(13(22)4-14(10)23)15-9-6-21(2-1-11(9)20-25-15)16(24)12-5-18-7-19-12/h3-5,7,22-23H,1-2,6H2,(H,18,19). The number of rotatable bonds is 2. The highest BCUT2D eigenvalue weighted by atomic mass is 35.5. The summed E-state index contributed by atoms with van der Waals surface area (Å²) in [6.07, 6.45) is 3.45. The fourth-order valence-corrected chi connectivity index (χ4v) is 3.04. The normalized spacial score (nSPS) is 13.7. The van der Waals surface area contributed by atoms with Crippen molar-refractivity contribution in [2.75, 3.05) is 6.54 Å². The van der Waals surface area contributed by atoms with Crippen LogP contribution in [0.1, 0.15) is 21.7 Å². The summed E-state index contributed by atoms with van der Waals surface area (Å²) in [6.45, 7) is 0.781. The van der Waals surface area contributed by atoms with E-state index >= 15 is 0 Å². The molecule has 3 heterocycles. The number of hydrogen-bond acceptors (Lipinski definition) is 6. The third kappa shape index (κ3) is 2.60. The van der Waals surface area contributed by atoms with Crippen molar-refractivity contribution in [3.05, 3.63) is 46.6 Å². The van der Waals surface area contributed by atoms with Gasteiger partial charge in [-0.25, -0.2) is 4.98 Å². The maximum absolute atomic E-state index is 12.5. The van der Waals surface area contributed by atoms with Gasteiger partial charge in [0, 0.05) is 24.6 Å². The second-order valence-electron chi connectivity index (χ2n) is 5.70. The molecule has 0 saturated carbocycles. The topological polar surface area (TPSA) is 115 Å². The molecule has 1 amide bonds. The number of phenols is 2. The van der Waals surface area contributed by atoms with Crippen LogP contribution in [0.4, 0.5) is 0 Å². The number of benzene rings is 1. The molecule has 0 bridgehead atoms. The number of nitrogens with zero attached hydrogens (tertiary/aromatic N) is 3. The van der Waals surface area contributed by atoms with Crippen LogP contribution in [-0.4, -0.2) is 42.7 Å². The molecule has 0 spiro atoms. The molecule has 9 heteroatoms. The highest BCUT2D eigenvalue weighted by molar-refractivity contribution is 6.32. The lowest BCUT2D eigenvalue weighted by Crippen LogP contribution is -2.36. The molecule has 3 aromatic rings. The van der Waals surface area contributed by atoms with Crippen molar-refractivity contribution in [3.63, 3.8) is 0 Å². The van der Waals surface area contributed by atoms with Crippen LogP contribution in [0.15, 0.2) is 29.2 Å². The van der Waals surface area contributed by atoms with Crippen LogP contribution in [0.5, 0.6) is 11.5 Å². The molecule has 0 fully saturated rings. The lowest BCUT2D eigenvalue weighted by atomic mass is 10.0. The van der Waals surface area contributed by atoms with E-state index in [1.165, 1.54) is 18.6 Å². The average molecular weight is 361 g/mol. The summed E-state index contributed by atoms with van der Waals surface area (Å²) in [5, 5.41) is 23.8. The molecule has 1 aliphatic heterocycles. The minimum atomic E-state index is -0.229. The third-order valence-corrected chi connectivity index (χ3v) is 4.47. The first-order valence-electron chi connectivity index (χ1n) is 7.51. The number of carbonyl (C=O) groups excluding carboxylic acids is 1. The Balaban J connectivity index is 1.70. The van der Waals surface area contributed by atoms with Crippen molar-refractivity contribution in [2.24, 2.45) is 0 Å². The van der Waals surface area contributed by atoms with Gasteiger partial charge in [0.15, 0.2) is 5.76 Å². The summed E-state index contributed by atoms with van der Waals surface area (Å²) in [5.74, 6) is -0.259. The summed E-state index contributed by atoms with van der Waals surface area (Å²) in [4.78, 5) is 20.8. The molecule has 128 valence electrons. The molecular formula is C16H13ClN4O4. The van der Waals surface area contributed by atoms with Crippen LogP contribution >= 0.6 is 11.6 Å². The first kappa shape index (κ1) is 15.5. The molecule has 8 nitrogen and oxygen atoms in total. The molecule has 0 radical (unpaired) electrons. The lowest BCUT2D eigenvalue weighted by Gasteiger charge is -2.25. The van der Waals surface area contributed by atoms with Crippen molar-refractivity contribution >= 4 is 17.5 Å². The average Bonchev–Trinajstić information content (AvgIpc) is 3.26. The Labute approximate surface area is 146 Å². The number of carbonyl (C=O) groups is 1. The van der Waals surface area contributed by atoms with Crippen molar-refractivity contribution < 1.29 is 19.5 Å². The summed E-state index contributed by atoms with van der Waals surface area (Å²) >= 11 is 5.93. The molecule has 0 saturated heterocycles. The largest absolute Gasteiger partial charge is 0.507 e. The zero-order chi connectivity index (χ0) is 17.6. The van der Waals surface area contributed by atoms with Gasteiger partial charge in [0.25, 0.3) is 5.91 Å². The molecule has 1 aromatic carbocycles. The Hall–Kier alpha value is -3.00. The SMILES string of the molecule is O=C(c1cnc[nH]1)N1CCc2noc(-c3cc(Cl)c(O)cc3O)c2C1. The Morgan fingerprint density at radius 3 is 2.92 bits per heavy atom. The molecule has 0 aliphatic carbocycles. The summed E-state index contributed by atoms with van der Waals surface area (Å²) in [5.41, 5.74) is 2.15. The van der Waals surface area contributed by atoms with Gasteiger partial charge in [0.05, 0.1) is 35.3 Å². The molecule has 25 heavy (non-hydrogen) atoms. The highest BCUT2D eigenvalue weighted by Crippen LogP contribution is 2.40. The predicted molar refractivity (Wildman–Crippen MR) is 87.3 cm³/mol. The molecule has 1 aliphatic rings. The van der Waals surface area contributed by atoms with E-state index in [1.54, 1.807) is 4.90 Å². The number of hydrogen-bond donors (Lipinski definition) is 3. The van der Waals surface area contributed by atoms with Crippen LogP contribution < -0.4 is 0 Å². The maximum atomic E-state index is 12.5. The van der Waals surface area contributed by atoms with Gasteiger partial charge in [-0.3, -0.25) is 4.79 Å². The van der Waals surface area contributed by atoms with E-state index in [0.717, 1.165) is 11.8 Å². The van der Waals surface area contributed by atoms with E-state index in [9.17, 15) is 15.0 Å². The van der Waals surface area contributed by atoms with E-state index in [1.807, 2.05) is 0 Å². The Kier molecular flexibility index (Phi) is 3.61. The number of phenolic OH excluding ortho intramolecular Hbond substituents is 2. The summed E-state index contributed by atoms with van der Waals surface area (Å²) in [7, 11) is 0. The number of aromatic hydroxyl groups is 2. The second kappa shape index (κ2) is 5.82. The number of imidazole rings is 1. The van der Waals surface area contributed by atoms with E-state index in [2.05, 4.69) is 15.1 Å². The second-order valence-corrected chi connectivity index (χ2v) is 6.11. The van der Waals surface area contributed by atoms with Crippen LogP contribution in [0.25, 0.3) is 11.3 Å². The zero-order valence-corrected chi connectivity index (χ0v) is 13.6. The van der Waals surface area contributed by atoms with Crippen molar-refractivity contribution in [1.29, 1.82) is 0 Å². The van der Waals surface area contributed by atoms with Crippen LogP contribution in [0.3, 0.4) is 0 Å². The number of H-pyrrole nitrogens is 1. The van der Waals surface area contributed by atoms with Gasteiger partial charge < -0.3 is 24.6 Å². The third-order valence-electron chi connectivity index (χ3n) is 4.16. The van der Waals surface area contributed by atoms with Gasteiger partial charge in [-0.05, 0) is 6.07 Å². The van der Waals surface area contributed by atoms with E-state index in [4.69, 9.17) is 16.1 Å². The van der Waals surface area contributed by atoms with Gasteiger partial charge in [0.2, 0.25) is 0 Å². The number of aromatic nitrogens is 3. The summed E-state index contributed by atoms with van der Waals surface area (Å²) in [6, 6.07) is 2.55. The first-order valence-corrected chi connectivity index (χ1v) is 7.89. The maximum Gasteiger partial charge on any atom is 0.272 e. The van der Waals surface area contributed by atoms with Crippen molar-refractivity contribution in [1.82, 2.24) is 20.0 Å². The van der Waals surface area contributed by atoms with Crippen LogP contribution in [0.2, 0.25) is 5.02 Å². The molecule has 0 atom stereocenters. The van der Waals surface area contributed by atoms with Gasteiger partial charge in [-0.1, -0.05) is 16.8 Å². The minimum Gasteiger partial charge on any atom is -0.507 e. The zero-order valence-electron chi connectivity index (χ0n) is 12.9. The van der Waals surface area contributed by atoms with E-state index < -0.39 is 0 Å². The number of nitrogens with one attached hydrogen (secondary N) is 1. The highest BCUT2D eigenvalue weighted by Gasteiger charge is 2.29. The Morgan fingerprint density at radius 2 is 2.16 bits per heavy atom. The van der Waals surface area contributed by atoms with Crippen LogP contribution in [-0.2, 0) is 13.0 Å². The minimum absolute atomic E-state index is 0.0825. The fraction of sp³-hybridized carbons (Fsp3) is 0.188. The number of aromatic amines is 1. The summed E-state index contributed by atoms with van der Waals surface area (Å²) < 4.78 is 5.39. The van der Waals surface area contributed by atoms with Gasteiger partial charge in [-0.15, -0.1) is 0 Å². The number of fused-ring (bicyclic) bond motifs is 1. The van der Waals surface area contributed by atoms with Gasteiger partial charge in [-0.2, -0.15) is 0 Å². The number of halogens is 1. The molecular weight excluding hydrogens is 348 g/mol. The number of amides is 1. The lowest BCUT2D eigenvalue weighted by molar-refractivity contribution is 0.0729. The quantitative estimate of drug-likeness (QED) is 0.646. The Bertz CT molecular complexity index is 951. The van der Waals surface area contributed by atoms with Crippen molar-refractivity contribution in [2.45, 2.75) is 13.0 Å². The fourth-order valence-electron chi connectivity index (χ4n) is 2.87. The molecule has 3 N–H and O–H groups in total. The van der Waals surface area contributed by atoms with Crippen LogP contribution in [0, 0.1) is 0 Å².